The zero-order valence-electron chi connectivity index (χ0n) is 13.1. The molecule has 0 saturated carbocycles. The number of aromatic amines is 1. The van der Waals surface area contributed by atoms with Crippen LogP contribution in [0.25, 0.3) is 32.6 Å². The first-order valence-electron chi connectivity index (χ1n) is 7.93. The van der Waals surface area contributed by atoms with E-state index in [1.807, 2.05) is 31.8 Å². The molecule has 3 atom stereocenters. The van der Waals surface area contributed by atoms with Crippen molar-refractivity contribution in [3.63, 3.8) is 0 Å². The fourth-order valence-electron chi connectivity index (χ4n) is 3.69. The molecule has 0 aliphatic carbocycles. The molecule has 6 heteroatoms. The lowest BCUT2D eigenvalue weighted by Gasteiger charge is -2.11. The molecule has 5 rings (SSSR count). The van der Waals surface area contributed by atoms with Gasteiger partial charge in [0.1, 0.15) is 5.65 Å². The van der Waals surface area contributed by atoms with E-state index in [2.05, 4.69) is 32.1 Å². The number of rotatable bonds is 2. The first-order chi connectivity index (χ1) is 11.7. The first-order valence-corrected chi connectivity index (χ1v) is 7.93. The average molecular weight is 317 g/mol. The summed E-state index contributed by atoms with van der Waals surface area (Å²) in [6.07, 6.45) is 10.5. The van der Waals surface area contributed by atoms with Crippen molar-refractivity contribution in [2.24, 2.45) is 7.05 Å². The second-order valence-corrected chi connectivity index (χ2v) is 6.37. The van der Waals surface area contributed by atoms with E-state index in [0.717, 1.165) is 39.7 Å². The minimum atomic E-state index is -0.0674. The van der Waals surface area contributed by atoms with Crippen LogP contribution in [0.5, 0.6) is 0 Å². The quantitative estimate of drug-likeness (QED) is 0.739. The monoisotopic (exact) mass is 317 g/mol. The zero-order valence-corrected chi connectivity index (χ0v) is 13.1. The Kier molecular flexibility index (Phi) is 2.70. The van der Waals surface area contributed by atoms with E-state index in [-0.39, 0.29) is 18.2 Å². The van der Waals surface area contributed by atoms with Gasteiger partial charge in [0.2, 0.25) is 0 Å². The summed E-state index contributed by atoms with van der Waals surface area (Å²) >= 11 is 0. The van der Waals surface area contributed by atoms with Gasteiger partial charge in [-0.1, -0.05) is 0 Å². The lowest BCUT2D eigenvalue weighted by atomic mass is 9.91. The maximum absolute atomic E-state index is 7.23. The number of hydrogen-bond donors (Lipinski definition) is 1. The van der Waals surface area contributed by atoms with Crippen LogP contribution in [-0.4, -0.2) is 38.0 Å². The van der Waals surface area contributed by atoms with E-state index in [9.17, 15) is 0 Å². The van der Waals surface area contributed by atoms with Crippen LogP contribution >= 0.6 is 0 Å². The summed E-state index contributed by atoms with van der Waals surface area (Å²) < 4.78 is 7.69. The number of H-pyrrole nitrogens is 1. The Morgan fingerprint density at radius 1 is 1.38 bits per heavy atom. The molecule has 0 spiro atoms. The predicted octanol–water partition coefficient (Wildman–Crippen LogP) is 2.81. The van der Waals surface area contributed by atoms with E-state index < -0.39 is 0 Å². The highest BCUT2D eigenvalue weighted by Gasteiger charge is 2.46. The number of aromatic nitrogens is 4. The Labute approximate surface area is 138 Å². The Morgan fingerprint density at radius 2 is 2.29 bits per heavy atom. The summed E-state index contributed by atoms with van der Waals surface area (Å²) in [5.41, 5.74) is 5.25. The molecule has 3 aromatic heterocycles. The van der Waals surface area contributed by atoms with Gasteiger partial charge in [-0.05, 0) is 23.3 Å². The fraction of sp³-hybridized carbons (Fsp3) is 0.278. The molecule has 2 aliphatic rings. The van der Waals surface area contributed by atoms with Crippen LogP contribution in [0, 0.1) is 6.57 Å². The van der Waals surface area contributed by atoms with Crippen LogP contribution in [0.15, 0.2) is 36.9 Å². The minimum absolute atomic E-state index is 0.0223. The van der Waals surface area contributed by atoms with Gasteiger partial charge < -0.3 is 14.6 Å². The fourth-order valence-corrected chi connectivity index (χ4v) is 3.69. The normalized spacial score (nSPS) is 25.2. The SMILES string of the molecule is [C-]#[N+][C@H]1C[C@H]2O[C@@H]1C=C2c1cnc2[nH]cc(-c3cnn(C)c3)c2c1. The van der Waals surface area contributed by atoms with Crippen molar-refractivity contribution in [1.82, 2.24) is 19.7 Å². The highest BCUT2D eigenvalue weighted by Crippen LogP contribution is 2.41. The molecule has 1 saturated heterocycles. The topological polar surface area (TPSA) is 60.1 Å². The molecule has 118 valence electrons. The molecular weight excluding hydrogens is 302 g/mol. The number of aryl methyl sites for hydroxylation is 1. The van der Waals surface area contributed by atoms with Crippen LogP contribution in [-0.2, 0) is 11.8 Å². The van der Waals surface area contributed by atoms with E-state index in [1.54, 1.807) is 4.68 Å². The number of nitrogens with zero attached hydrogens (tertiary/aromatic N) is 4. The summed E-state index contributed by atoms with van der Waals surface area (Å²) in [5, 5.41) is 5.33. The third kappa shape index (κ3) is 1.85. The van der Waals surface area contributed by atoms with Crippen molar-refractivity contribution in [2.45, 2.75) is 24.7 Å². The molecule has 3 aromatic rings. The number of pyridine rings is 1. The minimum Gasteiger partial charge on any atom is -0.358 e. The van der Waals surface area contributed by atoms with E-state index in [4.69, 9.17) is 11.3 Å². The van der Waals surface area contributed by atoms with E-state index in [1.165, 1.54) is 0 Å². The standard InChI is InChI=1S/C18H15N5O/c1-19-15-5-16-12(4-17(15)24-16)10-3-13-14(8-21-18(13)20-6-10)11-7-22-23(2)9-11/h3-4,6-9,15-17H,5H2,2H3,(H,20,21)/t15-,16+,17+/m0/s1. The zero-order chi connectivity index (χ0) is 16.3. The first kappa shape index (κ1) is 13.5. The molecule has 0 aromatic carbocycles. The summed E-state index contributed by atoms with van der Waals surface area (Å²) in [7, 11) is 1.91. The van der Waals surface area contributed by atoms with Crippen LogP contribution in [0.1, 0.15) is 12.0 Å². The molecule has 0 radical (unpaired) electrons. The van der Waals surface area contributed by atoms with Crippen molar-refractivity contribution in [3.8, 4) is 11.1 Å². The van der Waals surface area contributed by atoms with Crippen molar-refractivity contribution in [3.05, 3.63) is 53.9 Å². The van der Waals surface area contributed by atoms with Crippen molar-refractivity contribution >= 4 is 16.6 Å². The lowest BCUT2D eigenvalue weighted by molar-refractivity contribution is 0.123. The smallest absolute Gasteiger partial charge is 0.255 e. The Balaban J connectivity index is 1.60. The molecule has 0 amide bonds. The Bertz CT molecular complexity index is 1020. The van der Waals surface area contributed by atoms with Gasteiger partial charge in [-0.2, -0.15) is 5.10 Å². The second-order valence-electron chi connectivity index (χ2n) is 6.37. The third-order valence-electron chi connectivity index (χ3n) is 4.89. The predicted molar refractivity (Wildman–Crippen MR) is 89.9 cm³/mol. The van der Waals surface area contributed by atoms with Crippen molar-refractivity contribution in [1.29, 1.82) is 0 Å². The second kappa shape index (κ2) is 4.79. The lowest BCUT2D eigenvalue weighted by Crippen LogP contribution is -2.16. The molecule has 0 unspecified atom stereocenters. The third-order valence-corrected chi connectivity index (χ3v) is 4.89. The molecule has 24 heavy (non-hydrogen) atoms. The molecule has 6 nitrogen and oxygen atoms in total. The molecule has 2 bridgehead atoms. The van der Waals surface area contributed by atoms with Gasteiger partial charge >= 0.3 is 0 Å². The molecule has 5 heterocycles. The molecule has 1 N–H and O–H groups in total. The van der Waals surface area contributed by atoms with Gasteiger partial charge in [0, 0.05) is 42.2 Å². The highest BCUT2D eigenvalue weighted by molar-refractivity contribution is 5.95. The van der Waals surface area contributed by atoms with Gasteiger partial charge in [-0.15, -0.1) is 0 Å². The Morgan fingerprint density at radius 3 is 3.00 bits per heavy atom. The molecule has 2 aliphatic heterocycles. The van der Waals surface area contributed by atoms with E-state index in [0.29, 0.717) is 0 Å². The van der Waals surface area contributed by atoms with Crippen LogP contribution in [0.2, 0.25) is 0 Å². The van der Waals surface area contributed by atoms with Crippen LogP contribution in [0.4, 0.5) is 0 Å². The largest absolute Gasteiger partial charge is 0.358 e. The van der Waals surface area contributed by atoms with E-state index >= 15 is 0 Å². The van der Waals surface area contributed by atoms with Crippen molar-refractivity contribution in [2.75, 3.05) is 0 Å². The highest BCUT2D eigenvalue weighted by atomic mass is 16.5. The maximum Gasteiger partial charge on any atom is 0.255 e. The van der Waals surface area contributed by atoms with Gasteiger partial charge in [-0.3, -0.25) is 4.68 Å². The van der Waals surface area contributed by atoms with Crippen LogP contribution < -0.4 is 0 Å². The number of fused-ring (bicyclic) bond motifs is 3. The maximum atomic E-state index is 7.23. The van der Waals surface area contributed by atoms with Crippen molar-refractivity contribution < 1.29 is 4.74 Å². The number of ether oxygens (including phenoxy) is 1. The van der Waals surface area contributed by atoms with Gasteiger partial charge in [0.05, 0.1) is 18.7 Å². The van der Waals surface area contributed by atoms with Gasteiger partial charge in [0.25, 0.3) is 6.04 Å². The number of nitrogens with one attached hydrogen (secondary N) is 1. The van der Waals surface area contributed by atoms with Crippen LogP contribution in [0.3, 0.4) is 0 Å². The summed E-state index contributed by atoms with van der Waals surface area (Å²) in [4.78, 5) is 11.4. The van der Waals surface area contributed by atoms with Gasteiger partial charge in [-0.25, -0.2) is 11.6 Å². The Hall–Kier alpha value is -2.91. The number of hydrogen-bond acceptors (Lipinski definition) is 3. The summed E-state index contributed by atoms with van der Waals surface area (Å²) in [6, 6.07) is 2.12. The summed E-state index contributed by atoms with van der Waals surface area (Å²) in [5.74, 6) is 0. The average Bonchev–Trinajstić information content (AvgIpc) is 3.35. The molecular formula is C18H15N5O. The molecule has 1 fully saturated rings. The summed E-state index contributed by atoms with van der Waals surface area (Å²) in [6.45, 7) is 7.23. The van der Waals surface area contributed by atoms with Gasteiger partial charge in [0.15, 0.2) is 6.10 Å².